The van der Waals surface area contributed by atoms with Crippen LogP contribution < -0.4 is 4.90 Å². The number of nitrogens with zero attached hydrogens (tertiary/aromatic N) is 2. The first-order valence-electron chi connectivity index (χ1n) is 19.7. The van der Waals surface area contributed by atoms with Crippen LogP contribution in [-0.2, 0) is 0 Å². The van der Waals surface area contributed by atoms with Gasteiger partial charge in [-0.3, -0.25) is 0 Å². The number of anilines is 3. The Bertz CT molecular complexity index is 3270. The Labute approximate surface area is 336 Å². The van der Waals surface area contributed by atoms with Gasteiger partial charge in [0.2, 0.25) is 5.89 Å². The Hall–Kier alpha value is -7.75. The molecule has 0 aliphatic rings. The summed E-state index contributed by atoms with van der Waals surface area (Å²) in [7, 11) is 0. The van der Waals surface area contributed by atoms with E-state index >= 15 is 0 Å². The van der Waals surface area contributed by atoms with Crippen molar-refractivity contribution in [3.8, 4) is 44.8 Å². The monoisotopic (exact) mass is 740 g/mol. The molecule has 0 amide bonds. The largest absolute Gasteiger partial charge is 0.435 e. The van der Waals surface area contributed by atoms with E-state index in [1.54, 1.807) is 0 Å². The first-order valence-corrected chi connectivity index (χ1v) is 19.7. The van der Waals surface area contributed by atoms with Crippen LogP contribution in [0.4, 0.5) is 17.1 Å². The van der Waals surface area contributed by atoms with E-state index < -0.39 is 0 Å². The van der Waals surface area contributed by atoms with Gasteiger partial charge in [-0.25, -0.2) is 4.98 Å². The van der Waals surface area contributed by atoms with Gasteiger partial charge in [-0.05, 0) is 115 Å². The van der Waals surface area contributed by atoms with Gasteiger partial charge in [0.05, 0.1) is 5.69 Å². The lowest BCUT2D eigenvalue weighted by Gasteiger charge is -2.28. The van der Waals surface area contributed by atoms with Crippen LogP contribution in [0.15, 0.2) is 223 Å². The average molecular weight is 741 g/mol. The molecule has 272 valence electrons. The van der Waals surface area contributed by atoms with E-state index in [-0.39, 0.29) is 0 Å². The van der Waals surface area contributed by atoms with Gasteiger partial charge < -0.3 is 9.32 Å². The van der Waals surface area contributed by atoms with Gasteiger partial charge in [-0.15, -0.1) is 0 Å². The number of rotatable bonds is 7. The molecule has 11 aromatic rings. The Kier molecular flexibility index (Phi) is 8.15. The highest BCUT2D eigenvalue weighted by molar-refractivity contribution is 6.23. The lowest BCUT2D eigenvalue weighted by molar-refractivity contribution is 0.623. The molecule has 0 N–H and O–H groups in total. The van der Waals surface area contributed by atoms with Crippen LogP contribution in [-0.4, -0.2) is 4.98 Å². The maximum Gasteiger partial charge on any atom is 0.227 e. The zero-order chi connectivity index (χ0) is 38.4. The predicted molar refractivity (Wildman–Crippen MR) is 243 cm³/mol. The minimum absolute atomic E-state index is 0.614. The summed E-state index contributed by atoms with van der Waals surface area (Å²) < 4.78 is 6.76. The number of hydrogen-bond acceptors (Lipinski definition) is 3. The van der Waals surface area contributed by atoms with Gasteiger partial charge >= 0.3 is 0 Å². The molecule has 3 heteroatoms. The molecule has 0 spiro atoms. The zero-order valence-electron chi connectivity index (χ0n) is 31.6. The van der Waals surface area contributed by atoms with E-state index in [0.717, 1.165) is 66.4 Å². The molecule has 3 nitrogen and oxygen atoms in total. The molecule has 0 atom stereocenters. The standard InChI is InChI=1S/C55H36N2O/c1-4-16-37(17-5-1)40-22-14-23-41(34-40)46-27-12-13-29-52(46)57(43-24-8-3-9-25-43)44-31-32-48-49(47-28-15-21-38-18-10-11-26-45(38)47)35-42-30-33-51-54(53(42)50(48)36-44)58-55(56-51)39-19-6-2-7-20-39/h1-36H. The predicted octanol–water partition coefficient (Wildman–Crippen LogP) is 15.4. The molecule has 0 bridgehead atoms. The fourth-order valence-electron chi connectivity index (χ4n) is 8.55. The van der Waals surface area contributed by atoms with Crippen molar-refractivity contribution in [2.24, 2.45) is 0 Å². The number of hydrogen-bond donors (Lipinski definition) is 0. The molecule has 58 heavy (non-hydrogen) atoms. The zero-order valence-corrected chi connectivity index (χ0v) is 31.6. The maximum atomic E-state index is 6.76. The molecular weight excluding hydrogens is 705 g/mol. The van der Waals surface area contributed by atoms with Crippen molar-refractivity contribution in [1.29, 1.82) is 0 Å². The summed E-state index contributed by atoms with van der Waals surface area (Å²) in [5, 5.41) is 6.83. The van der Waals surface area contributed by atoms with Crippen molar-refractivity contribution in [3.63, 3.8) is 0 Å². The molecule has 0 aliphatic carbocycles. The smallest absolute Gasteiger partial charge is 0.227 e. The van der Waals surface area contributed by atoms with Crippen LogP contribution in [0, 0.1) is 0 Å². The highest BCUT2D eigenvalue weighted by Crippen LogP contribution is 2.46. The highest BCUT2D eigenvalue weighted by atomic mass is 16.3. The first kappa shape index (κ1) is 33.6. The van der Waals surface area contributed by atoms with Gasteiger partial charge in [-0.1, -0.05) is 158 Å². The van der Waals surface area contributed by atoms with Gasteiger partial charge in [0.15, 0.2) is 5.58 Å². The lowest BCUT2D eigenvalue weighted by atomic mass is 9.90. The number of fused-ring (bicyclic) bond motifs is 6. The van der Waals surface area contributed by atoms with Crippen molar-refractivity contribution in [1.82, 2.24) is 4.98 Å². The van der Waals surface area contributed by atoms with Crippen molar-refractivity contribution < 1.29 is 4.42 Å². The van der Waals surface area contributed by atoms with Crippen LogP contribution >= 0.6 is 0 Å². The summed E-state index contributed by atoms with van der Waals surface area (Å²) in [6, 6.07) is 77.8. The second-order valence-electron chi connectivity index (χ2n) is 14.7. The summed E-state index contributed by atoms with van der Waals surface area (Å²) >= 11 is 0. The summed E-state index contributed by atoms with van der Waals surface area (Å²) in [4.78, 5) is 7.40. The third-order valence-electron chi connectivity index (χ3n) is 11.3. The van der Waals surface area contributed by atoms with Gasteiger partial charge in [0.25, 0.3) is 0 Å². The number of oxazole rings is 1. The molecule has 1 heterocycles. The summed E-state index contributed by atoms with van der Waals surface area (Å²) in [6.07, 6.45) is 0. The number of para-hydroxylation sites is 2. The van der Waals surface area contributed by atoms with Gasteiger partial charge in [0.1, 0.15) is 5.52 Å². The second-order valence-corrected chi connectivity index (χ2v) is 14.7. The quantitative estimate of drug-likeness (QED) is 0.152. The Balaban J connectivity index is 1.18. The summed E-state index contributed by atoms with van der Waals surface area (Å²) in [5.41, 5.74) is 12.8. The van der Waals surface area contributed by atoms with Crippen LogP contribution in [0.5, 0.6) is 0 Å². The SMILES string of the molecule is c1ccc(-c2cccc(-c3ccccc3N(c3ccccc3)c3ccc4c(-c5cccc6ccccc56)cc5ccc6nc(-c7ccccc7)oc6c5c4c3)c2)cc1. The van der Waals surface area contributed by atoms with Crippen LogP contribution in [0.3, 0.4) is 0 Å². The minimum Gasteiger partial charge on any atom is -0.435 e. The maximum absolute atomic E-state index is 6.76. The second kappa shape index (κ2) is 14.1. The summed E-state index contributed by atoms with van der Waals surface area (Å²) in [6.45, 7) is 0. The van der Waals surface area contributed by atoms with Crippen molar-refractivity contribution in [2.75, 3.05) is 4.90 Å². The molecule has 0 unspecified atom stereocenters. The minimum atomic E-state index is 0.614. The number of benzene rings is 10. The molecule has 0 saturated heterocycles. The Morgan fingerprint density at radius 1 is 0.362 bits per heavy atom. The van der Waals surface area contributed by atoms with Crippen LogP contribution in [0.2, 0.25) is 0 Å². The molecule has 0 aliphatic heterocycles. The lowest BCUT2D eigenvalue weighted by Crippen LogP contribution is -2.11. The molecular formula is C55H36N2O. The fraction of sp³-hybridized carbons (Fsp3) is 0. The highest BCUT2D eigenvalue weighted by Gasteiger charge is 2.21. The first-order chi connectivity index (χ1) is 28.8. The van der Waals surface area contributed by atoms with E-state index in [9.17, 15) is 0 Å². The van der Waals surface area contributed by atoms with Gasteiger partial charge in [-0.2, -0.15) is 0 Å². The van der Waals surface area contributed by atoms with Crippen molar-refractivity contribution in [2.45, 2.75) is 0 Å². The summed E-state index contributed by atoms with van der Waals surface area (Å²) in [5.74, 6) is 0.614. The van der Waals surface area contributed by atoms with Crippen LogP contribution in [0.1, 0.15) is 0 Å². The van der Waals surface area contributed by atoms with E-state index in [2.05, 4.69) is 193 Å². The molecule has 0 radical (unpaired) electrons. The Morgan fingerprint density at radius 2 is 1.02 bits per heavy atom. The van der Waals surface area contributed by atoms with E-state index in [1.807, 2.05) is 30.3 Å². The molecule has 10 aromatic carbocycles. The number of aromatic nitrogens is 1. The topological polar surface area (TPSA) is 29.3 Å². The molecule has 11 rings (SSSR count). The third-order valence-corrected chi connectivity index (χ3v) is 11.3. The van der Waals surface area contributed by atoms with Crippen molar-refractivity contribution in [3.05, 3.63) is 218 Å². The average Bonchev–Trinajstić information content (AvgIpc) is 3.75. The molecule has 1 aromatic heterocycles. The molecule has 0 fully saturated rings. The van der Waals surface area contributed by atoms with Crippen molar-refractivity contribution >= 4 is 60.5 Å². The van der Waals surface area contributed by atoms with Crippen LogP contribution in [0.25, 0.3) is 88.3 Å². The Morgan fingerprint density at radius 3 is 1.86 bits per heavy atom. The van der Waals surface area contributed by atoms with E-state index in [4.69, 9.17) is 9.40 Å². The normalized spacial score (nSPS) is 11.4. The third kappa shape index (κ3) is 5.80. The van der Waals surface area contributed by atoms with E-state index in [0.29, 0.717) is 5.89 Å². The molecule has 0 saturated carbocycles. The van der Waals surface area contributed by atoms with Gasteiger partial charge in [0, 0.05) is 27.9 Å². The van der Waals surface area contributed by atoms with E-state index in [1.165, 1.54) is 33.0 Å². The fourth-order valence-corrected chi connectivity index (χ4v) is 8.55.